The summed E-state index contributed by atoms with van der Waals surface area (Å²) in [5, 5.41) is 2.99. The average Bonchev–Trinajstić information content (AvgIpc) is 2.96. The van der Waals surface area contributed by atoms with Crippen LogP contribution in [0, 0.1) is 6.92 Å². The van der Waals surface area contributed by atoms with Gasteiger partial charge in [0.1, 0.15) is 12.4 Å². The van der Waals surface area contributed by atoms with Crippen LogP contribution in [0.2, 0.25) is 0 Å². The van der Waals surface area contributed by atoms with E-state index in [9.17, 15) is 4.79 Å². The minimum absolute atomic E-state index is 0.00458. The molecule has 1 unspecified atom stereocenters. The van der Waals surface area contributed by atoms with E-state index in [1.807, 2.05) is 31.4 Å². The van der Waals surface area contributed by atoms with Gasteiger partial charge in [0.15, 0.2) is 0 Å². The number of hydrogen-bond acceptors (Lipinski definition) is 5. The van der Waals surface area contributed by atoms with Crippen LogP contribution in [0.5, 0.6) is 5.75 Å². The van der Waals surface area contributed by atoms with Gasteiger partial charge >= 0.3 is 0 Å². The first-order valence-corrected chi connectivity index (χ1v) is 8.00. The number of aryl methyl sites for hydroxylation is 1. The van der Waals surface area contributed by atoms with Crippen molar-refractivity contribution in [1.29, 1.82) is 0 Å². The molecule has 2 rings (SSSR count). The third-order valence-corrected chi connectivity index (χ3v) is 4.28. The minimum Gasteiger partial charge on any atom is -0.487 e. The first-order chi connectivity index (χ1) is 10.5. The molecule has 22 heavy (non-hydrogen) atoms. The first kappa shape index (κ1) is 16.5. The molecule has 0 aliphatic rings. The number of carbonyl (C=O) groups is 1. The molecule has 5 nitrogen and oxygen atoms in total. The number of thiazole rings is 1. The highest BCUT2D eigenvalue weighted by Crippen LogP contribution is 2.17. The fraction of sp³-hybridized carbons (Fsp3) is 0.375. The summed E-state index contributed by atoms with van der Waals surface area (Å²) >= 11 is 1.59. The minimum atomic E-state index is -0.0621. The molecule has 0 saturated carbocycles. The van der Waals surface area contributed by atoms with E-state index in [-0.39, 0.29) is 11.9 Å². The average molecular weight is 319 g/mol. The van der Waals surface area contributed by atoms with Crippen molar-refractivity contribution >= 4 is 17.2 Å². The Balaban J connectivity index is 2.04. The maximum atomic E-state index is 12.4. The standard InChI is InChI=1S/C16H21N3O2S/c1-11(8-17)19(3)16(20)13-5-4-6-15(7-13)21-9-14-10-22-12(2)18-14/h4-7,10-11H,8-9,17H2,1-3H3. The normalized spacial score (nSPS) is 12.0. The number of carbonyl (C=O) groups excluding carboxylic acids is 1. The number of ether oxygens (including phenoxy) is 1. The molecule has 2 aromatic rings. The topological polar surface area (TPSA) is 68.5 Å². The van der Waals surface area contributed by atoms with Crippen molar-refractivity contribution in [3.8, 4) is 5.75 Å². The summed E-state index contributed by atoms with van der Waals surface area (Å²) in [7, 11) is 1.76. The Bertz CT molecular complexity index is 642. The smallest absolute Gasteiger partial charge is 0.254 e. The molecule has 0 radical (unpaired) electrons. The van der Waals surface area contributed by atoms with Crippen LogP contribution in [0.25, 0.3) is 0 Å². The summed E-state index contributed by atoms with van der Waals surface area (Å²) in [4.78, 5) is 18.4. The third kappa shape index (κ3) is 4.05. The van der Waals surface area contributed by atoms with Gasteiger partial charge in [0, 0.05) is 30.6 Å². The molecule has 0 aliphatic heterocycles. The number of rotatable bonds is 6. The Labute approximate surface area is 134 Å². The Morgan fingerprint density at radius 1 is 1.50 bits per heavy atom. The maximum absolute atomic E-state index is 12.4. The van der Waals surface area contributed by atoms with Gasteiger partial charge in [0.2, 0.25) is 0 Å². The molecule has 1 atom stereocenters. The van der Waals surface area contributed by atoms with Crippen LogP contribution in [-0.2, 0) is 6.61 Å². The summed E-state index contributed by atoms with van der Waals surface area (Å²) in [6.45, 7) is 4.71. The Kier molecular flexibility index (Phi) is 5.51. The molecule has 2 N–H and O–H groups in total. The van der Waals surface area contributed by atoms with Gasteiger partial charge in [0.25, 0.3) is 5.91 Å². The van der Waals surface area contributed by atoms with Crippen molar-refractivity contribution in [1.82, 2.24) is 9.88 Å². The highest BCUT2D eigenvalue weighted by atomic mass is 32.1. The van der Waals surface area contributed by atoms with Crippen molar-refractivity contribution in [2.45, 2.75) is 26.5 Å². The van der Waals surface area contributed by atoms with Gasteiger partial charge in [-0.3, -0.25) is 4.79 Å². The molecule has 0 aliphatic carbocycles. The maximum Gasteiger partial charge on any atom is 0.254 e. The van der Waals surface area contributed by atoms with Gasteiger partial charge in [-0.2, -0.15) is 0 Å². The summed E-state index contributed by atoms with van der Waals surface area (Å²) in [6, 6.07) is 7.18. The van der Waals surface area contributed by atoms with Crippen molar-refractivity contribution < 1.29 is 9.53 Å². The van der Waals surface area contributed by atoms with E-state index in [0.717, 1.165) is 10.7 Å². The Morgan fingerprint density at radius 2 is 2.27 bits per heavy atom. The number of benzene rings is 1. The molecule has 6 heteroatoms. The van der Waals surface area contributed by atoms with Crippen LogP contribution in [-0.4, -0.2) is 35.4 Å². The zero-order chi connectivity index (χ0) is 16.1. The predicted molar refractivity (Wildman–Crippen MR) is 88.2 cm³/mol. The van der Waals surface area contributed by atoms with Crippen LogP contribution in [0.1, 0.15) is 28.0 Å². The van der Waals surface area contributed by atoms with Gasteiger partial charge < -0.3 is 15.4 Å². The molecule has 0 bridgehead atoms. The molecule has 1 amide bonds. The summed E-state index contributed by atoms with van der Waals surface area (Å²) in [5.41, 5.74) is 7.10. The van der Waals surface area contributed by atoms with E-state index in [1.165, 1.54) is 0 Å². The lowest BCUT2D eigenvalue weighted by molar-refractivity contribution is 0.0748. The van der Waals surface area contributed by atoms with Gasteiger partial charge in [-0.1, -0.05) is 6.07 Å². The second-order valence-corrected chi connectivity index (χ2v) is 6.24. The Morgan fingerprint density at radius 3 is 2.91 bits per heavy atom. The number of aromatic nitrogens is 1. The van der Waals surface area contributed by atoms with Gasteiger partial charge in [-0.05, 0) is 32.0 Å². The first-order valence-electron chi connectivity index (χ1n) is 7.12. The van der Waals surface area contributed by atoms with Crippen LogP contribution in [0.3, 0.4) is 0 Å². The predicted octanol–water partition coefficient (Wildman–Crippen LogP) is 2.45. The van der Waals surface area contributed by atoms with Crippen LogP contribution in [0.4, 0.5) is 0 Å². The molecule has 0 spiro atoms. The van der Waals surface area contributed by atoms with Crippen LogP contribution in [0.15, 0.2) is 29.6 Å². The highest BCUT2D eigenvalue weighted by molar-refractivity contribution is 7.09. The molecule has 1 heterocycles. The van der Waals surface area contributed by atoms with Gasteiger partial charge in [0.05, 0.1) is 10.7 Å². The van der Waals surface area contributed by atoms with Gasteiger partial charge in [-0.25, -0.2) is 4.98 Å². The van der Waals surface area contributed by atoms with Crippen molar-refractivity contribution in [3.63, 3.8) is 0 Å². The second kappa shape index (κ2) is 7.38. The highest BCUT2D eigenvalue weighted by Gasteiger charge is 2.16. The molecular weight excluding hydrogens is 298 g/mol. The van der Waals surface area contributed by atoms with E-state index in [1.54, 1.807) is 35.4 Å². The summed E-state index contributed by atoms with van der Waals surface area (Å²) < 4.78 is 5.71. The molecule has 118 valence electrons. The van der Waals surface area contributed by atoms with Gasteiger partial charge in [-0.15, -0.1) is 11.3 Å². The van der Waals surface area contributed by atoms with E-state index < -0.39 is 0 Å². The quantitative estimate of drug-likeness (QED) is 0.888. The molecule has 0 fully saturated rings. The number of likely N-dealkylation sites (N-methyl/N-ethyl adjacent to an activating group) is 1. The lowest BCUT2D eigenvalue weighted by Gasteiger charge is -2.23. The molecular formula is C16H21N3O2S. The fourth-order valence-electron chi connectivity index (χ4n) is 1.91. The number of hydrogen-bond donors (Lipinski definition) is 1. The zero-order valence-corrected chi connectivity index (χ0v) is 13.9. The van der Waals surface area contributed by atoms with E-state index in [2.05, 4.69) is 4.98 Å². The second-order valence-electron chi connectivity index (χ2n) is 5.18. The van der Waals surface area contributed by atoms with Crippen molar-refractivity contribution in [3.05, 3.63) is 45.9 Å². The SMILES string of the molecule is Cc1nc(COc2cccc(C(=O)N(C)C(C)CN)c2)cs1. The van der Waals surface area contributed by atoms with Crippen molar-refractivity contribution in [2.24, 2.45) is 5.73 Å². The van der Waals surface area contributed by atoms with Crippen LogP contribution < -0.4 is 10.5 Å². The molecule has 0 saturated heterocycles. The molecule has 1 aromatic heterocycles. The van der Waals surface area contributed by atoms with E-state index in [0.29, 0.717) is 24.5 Å². The van der Waals surface area contributed by atoms with Crippen molar-refractivity contribution in [2.75, 3.05) is 13.6 Å². The lowest BCUT2D eigenvalue weighted by Crippen LogP contribution is -2.39. The Hall–Kier alpha value is -1.92. The number of nitrogens with two attached hydrogens (primary N) is 1. The summed E-state index contributed by atoms with van der Waals surface area (Å²) in [6.07, 6.45) is 0. The lowest BCUT2D eigenvalue weighted by atomic mass is 10.1. The summed E-state index contributed by atoms with van der Waals surface area (Å²) in [5.74, 6) is 0.596. The number of amides is 1. The fourth-order valence-corrected chi connectivity index (χ4v) is 2.51. The zero-order valence-electron chi connectivity index (χ0n) is 13.1. The van der Waals surface area contributed by atoms with E-state index >= 15 is 0 Å². The third-order valence-electron chi connectivity index (χ3n) is 3.46. The molecule has 1 aromatic carbocycles. The van der Waals surface area contributed by atoms with Crippen LogP contribution >= 0.6 is 11.3 Å². The monoisotopic (exact) mass is 319 g/mol. The van der Waals surface area contributed by atoms with E-state index in [4.69, 9.17) is 10.5 Å². The number of nitrogens with zero attached hydrogens (tertiary/aromatic N) is 2. The largest absolute Gasteiger partial charge is 0.487 e.